The Morgan fingerprint density at radius 2 is 2.00 bits per heavy atom. The predicted molar refractivity (Wildman–Crippen MR) is 55.2 cm³/mol. The van der Waals surface area contributed by atoms with E-state index in [0.717, 1.165) is 6.54 Å². The van der Waals surface area contributed by atoms with Crippen LogP contribution in [-0.4, -0.2) is 12.5 Å². The van der Waals surface area contributed by atoms with Gasteiger partial charge in [-0.2, -0.15) is 0 Å². The molecule has 2 rings (SSSR count). The Labute approximate surface area is 82.8 Å². The van der Waals surface area contributed by atoms with Crippen LogP contribution in [0, 0.1) is 0 Å². The zero-order valence-electron chi connectivity index (χ0n) is 7.73. The largest absolute Gasteiger partial charge is 0.366 e. The molecule has 4 heteroatoms. The highest BCUT2D eigenvalue weighted by molar-refractivity contribution is 5.92. The Morgan fingerprint density at radius 3 is 2.29 bits per heavy atom. The third-order valence-corrected chi connectivity index (χ3v) is 1.58. The molecule has 1 aliphatic heterocycles. The lowest BCUT2D eigenvalue weighted by Gasteiger charge is -1.89. The molecular weight excluding hydrogens is 178 g/mol. The summed E-state index contributed by atoms with van der Waals surface area (Å²) in [5.41, 5.74) is 11.2. The number of hydrazine groups is 1. The summed E-state index contributed by atoms with van der Waals surface area (Å²) in [5.74, 6) is -0.379. The molecular formula is C10H13N3O. The van der Waals surface area contributed by atoms with Gasteiger partial charge in [-0.25, -0.2) is 5.43 Å². The average Bonchev–Trinajstić information content (AvgIpc) is 2.77. The van der Waals surface area contributed by atoms with Gasteiger partial charge in [0.05, 0.1) is 0 Å². The maximum Gasteiger partial charge on any atom is 0.248 e. The van der Waals surface area contributed by atoms with Gasteiger partial charge in [-0.1, -0.05) is 24.3 Å². The predicted octanol–water partition coefficient (Wildman–Crippen LogP) is 0.393. The molecule has 1 aromatic rings. The molecule has 1 aliphatic rings. The first-order valence-electron chi connectivity index (χ1n) is 4.29. The molecule has 1 aromatic carbocycles. The topological polar surface area (TPSA) is 67.2 Å². The van der Waals surface area contributed by atoms with Crippen molar-refractivity contribution in [1.29, 1.82) is 0 Å². The van der Waals surface area contributed by atoms with E-state index in [1.165, 1.54) is 0 Å². The third kappa shape index (κ3) is 3.73. The molecule has 0 saturated carbocycles. The second-order valence-corrected chi connectivity index (χ2v) is 2.66. The van der Waals surface area contributed by atoms with Crippen molar-refractivity contribution < 1.29 is 4.79 Å². The molecule has 74 valence electrons. The van der Waals surface area contributed by atoms with Gasteiger partial charge in [-0.05, 0) is 12.1 Å². The van der Waals surface area contributed by atoms with E-state index in [0.29, 0.717) is 5.56 Å². The van der Waals surface area contributed by atoms with Crippen LogP contribution in [0.2, 0.25) is 0 Å². The van der Waals surface area contributed by atoms with Crippen LogP contribution in [0.4, 0.5) is 0 Å². The first-order valence-corrected chi connectivity index (χ1v) is 4.29. The van der Waals surface area contributed by atoms with Crippen molar-refractivity contribution in [2.24, 2.45) is 5.73 Å². The zero-order chi connectivity index (χ0) is 10.2. The van der Waals surface area contributed by atoms with Crippen LogP contribution in [-0.2, 0) is 0 Å². The first-order chi connectivity index (χ1) is 6.80. The van der Waals surface area contributed by atoms with Gasteiger partial charge in [0, 0.05) is 18.3 Å². The second-order valence-electron chi connectivity index (χ2n) is 2.66. The SMILES string of the molecule is C1=CNNC1.NC(=O)c1ccccc1. The van der Waals surface area contributed by atoms with E-state index < -0.39 is 0 Å². The fourth-order valence-corrected chi connectivity index (χ4v) is 0.897. The highest BCUT2D eigenvalue weighted by atomic mass is 16.1. The Kier molecular flexibility index (Phi) is 4.23. The van der Waals surface area contributed by atoms with Crippen LogP contribution in [0.25, 0.3) is 0 Å². The number of hydrogen-bond acceptors (Lipinski definition) is 3. The van der Waals surface area contributed by atoms with E-state index in [1.807, 2.05) is 18.3 Å². The molecule has 0 aliphatic carbocycles. The summed E-state index contributed by atoms with van der Waals surface area (Å²) in [5, 5.41) is 0. The third-order valence-electron chi connectivity index (χ3n) is 1.58. The van der Waals surface area contributed by atoms with Crippen LogP contribution < -0.4 is 16.6 Å². The summed E-state index contributed by atoms with van der Waals surface area (Å²) in [7, 11) is 0. The number of hydrogen-bond donors (Lipinski definition) is 3. The number of primary amides is 1. The van der Waals surface area contributed by atoms with Crippen molar-refractivity contribution in [3.05, 3.63) is 48.2 Å². The molecule has 0 radical (unpaired) electrons. The van der Waals surface area contributed by atoms with Gasteiger partial charge in [0.15, 0.2) is 0 Å². The summed E-state index contributed by atoms with van der Waals surface area (Å²) < 4.78 is 0. The standard InChI is InChI=1S/C7H7NO.C3H6N2/c8-7(9)6-4-2-1-3-5-6;1-2-4-5-3-1/h1-5H,(H2,8,9);1-2,4-5H,3H2. The Balaban J connectivity index is 0.000000165. The second kappa shape index (κ2) is 5.77. The Morgan fingerprint density at radius 1 is 1.29 bits per heavy atom. The van der Waals surface area contributed by atoms with E-state index in [9.17, 15) is 4.79 Å². The lowest BCUT2D eigenvalue weighted by atomic mass is 10.2. The molecule has 0 saturated heterocycles. The van der Waals surface area contributed by atoms with Crippen molar-refractivity contribution in [2.75, 3.05) is 6.54 Å². The zero-order valence-corrected chi connectivity index (χ0v) is 7.73. The lowest BCUT2D eigenvalue weighted by Crippen LogP contribution is -2.19. The number of carbonyl (C=O) groups excluding carboxylic acids is 1. The number of benzene rings is 1. The van der Waals surface area contributed by atoms with Crippen LogP contribution in [0.5, 0.6) is 0 Å². The van der Waals surface area contributed by atoms with Crippen molar-refractivity contribution in [3.8, 4) is 0 Å². The first kappa shape index (κ1) is 10.3. The summed E-state index contributed by atoms with van der Waals surface area (Å²) in [6.45, 7) is 0.958. The maximum absolute atomic E-state index is 10.4. The minimum absolute atomic E-state index is 0.379. The van der Waals surface area contributed by atoms with Gasteiger partial charge in [0.25, 0.3) is 0 Å². The Hall–Kier alpha value is -1.81. The quantitative estimate of drug-likeness (QED) is 0.601. The molecule has 0 fully saturated rings. The molecule has 0 atom stereocenters. The van der Waals surface area contributed by atoms with Crippen LogP contribution in [0.3, 0.4) is 0 Å². The lowest BCUT2D eigenvalue weighted by molar-refractivity contribution is 0.100. The van der Waals surface area contributed by atoms with Crippen molar-refractivity contribution in [3.63, 3.8) is 0 Å². The molecule has 0 spiro atoms. The number of nitrogens with one attached hydrogen (secondary N) is 2. The number of amides is 1. The normalized spacial score (nSPS) is 12.6. The van der Waals surface area contributed by atoms with Crippen molar-refractivity contribution in [1.82, 2.24) is 10.9 Å². The smallest absolute Gasteiger partial charge is 0.248 e. The summed E-state index contributed by atoms with van der Waals surface area (Å²) in [6, 6.07) is 8.76. The summed E-state index contributed by atoms with van der Waals surface area (Å²) >= 11 is 0. The van der Waals surface area contributed by atoms with Gasteiger partial charge >= 0.3 is 0 Å². The van der Waals surface area contributed by atoms with Crippen LogP contribution in [0.1, 0.15) is 10.4 Å². The monoisotopic (exact) mass is 191 g/mol. The minimum atomic E-state index is -0.379. The number of rotatable bonds is 1. The molecule has 14 heavy (non-hydrogen) atoms. The summed E-state index contributed by atoms with van der Waals surface area (Å²) in [6.07, 6.45) is 3.89. The fraction of sp³-hybridized carbons (Fsp3) is 0.100. The van der Waals surface area contributed by atoms with Gasteiger partial charge in [0.1, 0.15) is 0 Å². The molecule has 0 unspecified atom stereocenters. The molecule has 4 nitrogen and oxygen atoms in total. The van der Waals surface area contributed by atoms with E-state index in [1.54, 1.807) is 24.3 Å². The van der Waals surface area contributed by atoms with Crippen LogP contribution in [0.15, 0.2) is 42.6 Å². The number of nitrogens with two attached hydrogens (primary N) is 1. The minimum Gasteiger partial charge on any atom is -0.366 e. The summed E-state index contributed by atoms with van der Waals surface area (Å²) in [4.78, 5) is 10.4. The fourth-order valence-electron chi connectivity index (χ4n) is 0.897. The highest BCUT2D eigenvalue weighted by Gasteiger charge is 1.93. The Bertz CT molecular complexity index is 302. The molecule has 1 amide bonds. The molecule has 1 heterocycles. The van der Waals surface area contributed by atoms with E-state index in [2.05, 4.69) is 10.9 Å². The maximum atomic E-state index is 10.4. The van der Waals surface area contributed by atoms with Crippen molar-refractivity contribution >= 4 is 5.91 Å². The van der Waals surface area contributed by atoms with E-state index in [4.69, 9.17) is 5.73 Å². The van der Waals surface area contributed by atoms with E-state index >= 15 is 0 Å². The van der Waals surface area contributed by atoms with Gasteiger partial charge in [-0.3, -0.25) is 4.79 Å². The highest BCUT2D eigenvalue weighted by Crippen LogP contribution is 1.94. The van der Waals surface area contributed by atoms with Gasteiger partial charge < -0.3 is 11.2 Å². The number of carbonyl (C=O) groups is 1. The molecule has 0 bridgehead atoms. The molecule has 4 N–H and O–H groups in total. The van der Waals surface area contributed by atoms with Crippen LogP contribution >= 0.6 is 0 Å². The molecule has 0 aromatic heterocycles. The van der Waals surface area contributed by atoms with Gasteiger partial charge in [-0.15, -0.1) is 0 Å². The van der Waals surface area contributed by atoms with Gasteiger partial charge in [0.2, 0.25) is 5.91 Å². The van der Waals surface area contributed by atoms with E-state index in [-0.39, 0.29) is 5.91 Å². The van der Waals surface area contributed by atoms with Crippen molar-refractivity contribution in [2.45, 2.75) is 0 Å². The average molecular weight is 191 g/mol.